The van der Waals surface area contributed by atoms with E-state index in [2.05, 4.69) is 0 Å². The van der Waals surface area contributed by atoms with Crippen LogP contribution in [0.15, 0.2) is 0 Å². The van der Waals surface area contributed by atoms with Gasteiger partial charge in [-0.25, -0.2) is 0 Å². The lowest BCUT2D eigenvalue weighted by atomic mass is 9.88. The Balaban J connectivity index is 3.58. The fourth-order valence-corrected chi connectivity index (χ4v) is 0.864. The predicted molar refractivity (Wildman–Crippen MR) is 37.2 cm³/mol. The average Bonchev–Trinajstić information content (AvgIpc) is 1.63. The van der Waals surface area contributed by atoms with E-state index >= 15 is 0 Å². The Morgan fingerprint density at radius 3 is 2.00 bits per heavy atom. The summed E-state index contributed by atoms with van der Waals surface area (Å²) in [5.41, 5.74) is -0.131. The van der Waals surface area contributed by atoms with E-state index in [0.717, 1.165) is 0 Å². The van der Waals surface area contributed by atoms with Gasteiger partial charge in [-0.05, 0) is 18.8 Å². The normalized spacial score (nSPS) is 15.7. The molecule has 2 heteroatoms. The highest BCUT2D eigenvalue weighted by Crippen LogP contribution is 2.20. The van der Waals surface area contributed by atoms with Gasteiger partial charge in [0.1, 0.15) is 0 Å². The number of aliphatic hydroxyl groups is 2. The van der Waals surface area contributed by atoms with Gasteiger partial charge in [0.15, 0.2) is 0 Å². The highest BCUT2D eigenvalue weighted by Gasteiger charge is 2.18. The summed E-state index contributed by atoms with van der Waals surface area (Å²) in [4.78, 5) is 0. The second-order valence-electron chi connectivity index (χ2n) is 3.38. The summed E-state index contributed by atoms with van der Waals surface area (Å²) in [6.45, 7) is 5.73. The summed E-state index contributed by atoms with van der Waals surface area (Å²) in [6, 6.07) is 0. The van der Waals surface area contributed by atoms with Gasteiger partial charge < -0.3 is 10.2 Å². The lowest BCUT2D eigenvalue weighted by molar-refractivity contribution is 0.0824. The minimum absolute atomic E-state index is 0.131. The summed E-state index contributed by atoms with van der Waals surface area (Å²) in [7, 11) is 0. The first kappa shape index (κ1) is 8.92. The minimum Gasteiger partial charge on any atom is -0.396 e. The fraction of sp³-hybridized carbons (Fsp3) is 1.00. The molecule has 0 aromatic heterocycles. The van der Waals surface area contributed by atoms with Crippen molar-refractivity contribution in [3.8, 4) is 0 Å². The SMILES string of the molecule is C[C@@H](O)CC(C)(C)CO. The zero-order chi connectivity index (χ0) is 7.49. The first-order valence-electron chi connectivity index (χ1n) is 3.27. The van der Waals surface area contributed by atoms with Crippen molar-refractivity contribution in [1.29, 1.82) is 0 Å². The highest BCUT2D eigenvalue weighted by atomic mass is 16.3. The monoisotopic (exact) mass is 132 g/mol. The molecule has 0 saturated heterocycles. The molecule has 1 atom stereocenters. The van der Waals surface area contributed by atoms with Gasteiger partial charge in [-0.2, -0.15) is 0 Å². The average molecular weight is 132 g/mol. The van der Waals surface area contributed by atoms with Crippen LogP contribution in [0.2, 0.25) is 0 Å². The molecule has 56 valence electrons. The molecule has 0 aromatic rings. The van der Waals surface area contributed by atoms with Crippen molar-refractivity contribution in [2.24, 2.45) is 5.41 Å². The third kappa shape index (κ3) is 4.43. The Morgan fingerprint density at radius 1 is 1.44 bits per heavy atom. The van der Waals surface area contributed by atoms with E-state index in [1.165, 1.54) is 0 Å². The van der Waals surface area contributed by atoms with Gasteiger partial charge in [0.05, 0.1) is 6.10 Å². The molecule has 0 aliphatic rings. The zero-order valence-electron chi connectivity index (χ0n) is 6.39. The topological polar surface area (TPSA) is 40.5 Å². The molecule has 0 radical (unpaired) electrons. The van der Waals surface area contributed by atoms with Crippen LogP contribution in [-0.2, 0) is 0 Å². The molecule has 0 rings (SSSR count). The summed E-state index contributed by atoms with van der Waals surface area (Å²) >= 11 is 0. The lowest BCUT2D eigenvalue weighted by Crippen LogP contribution is -2.22. The lowest BCUT2D eigenvalue weighted by Gasteiger charge is -2.22. The maximum absolute atomic E-state index is 8.91. The maximum Gasteiger partial charge on any atom is 0.0518 e. The largest absolute Gasteiger partial charge is 0.396 e. The van der Waals surface area contributed by atoms with Crippen LogP contribution in [0.25, 0.3) is 0 Å². The molecule has 0 aliphatic carbocycles. The van der Waals surface area contributed by atoms with Gasteiger partial charge in [0.25, 0.3) is 0 Å². The Labute approximate surface area is 56.5 Å². The van der Waals surface area contributed by atoms with Crippen molar-refractivity contribution in [2.45, 2.75) is 33.3 Å². The van der Waals surface area contributed by atoms with Crippen molar-refractivity contribution >= 4 is 0 Å². The minimum atomic E-state index is -0.313. The quantitative estimate of drug-likeness (QED) is 0.595. The molecule has 0 bridgehead atoms. The van der Waals surface area contributed by atoms with E-state index in [9.17, 15) is 0 Å². The van der Waals surface area contributed by atoms with E-state index in [-0.39, 0.29) is 18.1 Å². The third-order valence-corrected chi connectivity index (χ3v) is 1.28. The second-order valence-corrected chi connectivity index (χ2v) is 3.38. The zero-order valence-corrected chi connectivity index (χ0v) is 6.39. The molecule has 0 aromatic carbocycles. The van der Waals surface area contributed by atoms with E-state index < -0.39 is 0 Å². The van der Waals surface area contributed by atoms with Crippen molar-refractivity contribution in [3.05, 3.63) is 0 Å². The van der Waals surface area contributed by atoms with E-state index in [4.69, 9.17) is 10.2 Å². The first-order valence-corrected chi connectivity index (χ1v) is 3.27. The van der Waals surface area contributed by atoms with Gasteiger partial charge in [0.2, 0.25) is 0 Å². The van der Waals surface area contributed by atoms with Crippen LogP contribution in [0.1, 0.15) is 27.2 Å². The smallest absolute Gasteiger partial charge is 0.0518 e. The Hall–Kier alpha value is -0.0800. The van der Waals surface area contributed by atoms with Crippen molar-refractivity contribution in [3.63, 3.8) is 0 Å². The van der Waals surface area contributed by atoms with Crippen LogP contribution < -0.4 is 0 Å². The number of rotatable bonds is 3. The molecular weight excluding hydrogens is 116 g/mol. The standard InChI is InChI=1S/C7H16O2/c1-6(9)4-7(2,3)5-8/h6,8-9H,4-5H2,1-3H3/t6-/m1/s1. The van der Waals surface area contributed by atoms with Crippen LogP contribution in [0, 0.1) is 5.41 Å². The molecule has 0 fully saturated rings. The molecule has 0 aliphatic heterocycles. The summed E-state index contributed by atoms with van der Waals surface area (Å²) < 4.78 is 0. The van der Waals surface area contributed by atoms with Crippen molar-refractivity contribution in [1.82, 2.24) is 0 Å². The molecular formula is C7H16O2. The van der Waals surface area contributed by atoms with Crippen LogP contribution in [-0.4, -0.2) is 22.9 Å². The summed E-state index contributed by atoms with van der Waals surface area (Å²) in [5, 5.41) is 17.6. The van der Waals surface area contributed by atoms with Gasteiger partial charge in [-0.15, -0.1) is 0 Å². The third-order valence-electron chi connectivity index (χ3n) is 1.28. The van der Waals surface area contributed by atoms with Gasteiger partial charge >= 0.3 is 0 Å². The second kappa shape index (κ2) is 3.18. The van der Waals surface area contributed by atoms with Gasteiger partial charge in [-0.3, -0.25) is 0 Å². The predicted octanol–water partition coefficient (Wildman–Crippen LogP) is 0.776. The first-order chi connectivity index (χ1) is 3.98. The van der Waals surface area contributed by atoms with Crippen molar-refractivity contribution in [2.75, 3.05) is 6.61 Å². The molecule has 0 unspecified atom stereocenters. The maximum atomic E-state index is 8.91. The number of hydrogen-bond acceptors (Lipinski definition) is 2. The Morgan fingerprint density at radius 2 is 1.89 bits per heavy atom. The van der Waals surface area contributed by atoms with Crippen LogP contribution in [0.5, 0.6) is 0 Å². The van der Waals surface area contributed by atoms with Crippen LogP contribution in [0.3, 0.4) is 0 Å². The summed E-state index contributed by atoms with van der Waals surface area (Å²) in [5.74, 6) is 0. The molecule has 0 amide bonds. The molecule has 9 heavy (non-hydrogen) atoms. The number of hydrogen-bond donors (Lipinski definition) is 2. The van der Waals surface area contributed by atoms with Crippen molar-refractivity contribution < 1.29 is 10.2 Å². The van der Waals surface area contributed by atoms with E-state index in [1.54, 1.807) is 6.92 Å². The molecule has 0 heterocycles. The van der Waals surface area contributed by atoms with E-state index in [0.29, 0.717) is 6.42 Å². The van der Waals surface area contributed by atoms with Crippen LogP contribution in [0.4, 0.5) is 0 Å². The Bertz CT molecular complexity index is 77.0. The molecule has 2 N–H and O–H groups in total. The van der Waals surface area contributed by atoms with Gasteiger partial charge in [-0.1, -0.05) is 13.8 Å². The highest BCUT2D eigenvalue weighted by molar-refractivity contribution is 4.69. The Kier molecular flexibility index (Phi) is 3.15. The molecule has 0 saturated carbocycles. The van der Waals surface area contributed by atoms with E-state index in [1.807, 2.05) is 13.8 Å². The fourth-order valence-electron chi connectivity index (χ4n) is 0.864. The summed E-state index contributed by atoms with van der Waals surface area (Å²) in [6.07, 6.45) is 0.343. The van der Waals surface area contributed by atoms with Crippen LogP contribution >= 0.6 is 0 Å². The number of aliphatic hydroxyl groups excluding tert-OH is 2. The molecule has 2 nitrogen and oxygen atoms in total. The van der Waals surface area contributed by atoms with Gasteiger partial charge in [0, 0.05) is 6.61 Å². The molecule has 0 spiro atoms.